The van der Waals surface area contributed by atoms with Crippen molar-refractivity contribution in [2.24, 2.45) is 35.0 Å². The van der Waals surface area contributed by atoms with Gasteiger partial charge in [-0.15, -0.1) is 0 Å². The number of carbonyl (C=O) groups excluding carboxylic acids is 2. The van der Waals surface area contributed by atoms with Crippen LogP contribution in [0.25, 0.3) is 0 Å². The van der Waals surface area contributed by atoms with E-state index in [2.05, 4.69) is 6.92 Å². The minimum atomic E-state index is -5.45. The highest BCUT2D eigenvalue weighted by Gasteiger charge is 2.59. The fourth-order valence-electron chi connectivity index (χ4n) is 9.15. The molecule has 4 aliphatic carbocycles. The molecule has 0 amide bonds. The van der Waals surface area contributed by atoms with E-state index in [0.717, 1.165) is 63.5 Å². The van der Waals surface area contributed by atoms with Crippen molar-refractivity contribution in [1.29, 1.82) is 0 Å². The second-order valence-corrected chi connectivity index (χ2v) is 15.3. The Labute approximate surface area is 258 Å². The Morgan fingerprint density at radius 3 is 2.33 bits per heavy atom. The van der Waals surface area contributed by atoms with E-state index in [-0.39, 0.29) is 23.9 Å². The third kappa shape index (κ3) is 8.58. The zero-order chi connectivity index (χ0) is 31.3. The summed E-state index contributed by atoms with van der Waals surface area (Å²) in [5.74, 6) is -0.301. The highest BCUT2D eigenvalue weighted by molar-refractivity contribution is 7.99. The minimum Gasteiger partial charge on any atom is -0.462 e. The molecule has 0 aromatic heterocycles. The minimum absolute atomic E-state index is 0.0269. The van der Waals surface area contributed by atoms with Crippen LogP contribution in [0.4, 0.5) is 22.0 Å². The largest absolute Gasteiger partial charge is 0.462 e. The van der Waals surface area contributed by atoms with E-state index in [9.17, 15) is 31.5 Å². The van der Waals surface area contributed by atoms with Gasteiger partial charge in [-0.05, 0) is 105 Å². The number of esters is 1. The topological polar surface area (TPSA) is 43.4 Å². The molecule has 43 heavy (non-hydrogen) atoms. The van der Waals surface area contributed by atoms with Gasteiger partial charge in [-0.2, -0.15) is 33.7 Å². The number of fused-ring (bicyclic) bond motifs is 5. The average Bonchev–Trinajstić information content (AvgIpc) is 3.25. The average molecular weight is 635 g/mol. The number of hydrogen-bond acceptors (Lipinski definition) is 4. The molecule has 0 heterocycles. The molecule has 0 aliphatic heterocycles. The summed E-state index contributed by atoms with van der Waals surface area (Å²) in [6.45, 7) is 3.89. The summed E-state index contributed by atoms with van der Waals surface area (Å²) in [5.41, 5.74) is 1.47. The Kier molecular flexibility index (Phi) is 12.1. The van der Waals surface area contributed by atoms with E-state index < -0.39 is 18.5 Å². The van der Waals surface area contributed by atoms with Gasteiger partial charge in [-0.1, -0.05) is 51.0 Å². The molecule has 3 saturated carbocycles. The number of ketones is 1. The molecule has 4 rings (SSSR count). The van der Waals surface area contributed by atoms with Crippen LogP contribution in [0.1, 0.15) is 123 Å². The van der Waals surface area contributed by atoms with E-state index in [1.54, 1.807) is 0 Å². The van der Waals surface area contributed by atoms with Gasteiger partial charge in [0, 0.05) is 25.2 Å². The monoisotopic (exact) mass is 634 g/mol. The summed E-state index contributed by atoms with van der Waals surface area (Å²) < 4.78 is 68.4. The molecule has 7 atom stereocenters. The molecule has 0 bridgehead atoms. The van der Waals surface area contributed by atoms with Crippen LogP contribution in [0.5, 0.6) is 0 Å². The lowest BCUT2D eigenvalue weighted by Crippen LogP contribution is -2.51. The van der Waals surface area contributed by atoms with Crippen LogP contribution in [-0.4, -0.2) is 41.5 Å². The third-order valence-electron chi connectivity index (χ3n) is 11.2. The Morgan fingerprint density at radius 2 is 1.63 bits per heavy atom. The van der Waals surface area contributed by atoms with Gasteiger partial charge in [0.1, 0.15) is 6.10 Å². The maximum atomic E-state index is 12.9. The lowest BCUT2D eigenvalue weighted by molar-refractivity contribution is -0.284. The number of thioether (sulfide) groups is 1. The summed E-state index contributed by atoms with van der Waals surface area (Å²) >= 11 is 1.47. The Hall–Kier alpha value is -1.12. The van der Waals surface area contributed by atoms with Gasteiger partial charge in [-0.25, -0.2) is 0 Å². The first-order chi connectivity index (χ1) is 20.3. The van der Waals surface area contributed by atoms with Gasteiger partial charge in [0.2, 0.25) is 0 Å². The van der Waals surface area contributed by atoms with Crippen LogP contribution in [0.2, 0.25) is 0 Å². The number of alkyl halides is 5. The maximum absolute atomic E-state index is 12.9. The van der Waals surface area contributed by atoms with Gasteiger partial charge < -0.3 is 4.74 Å². The van der Waals surface area contributed by atoms with Gasteiger partial charge in [0.15, 0.2) is 5.78 Å². The van der Waals surface area contributed by atoms with Crippen molar-refractivity contribution in [3.63, 3.8) is 0 Å². The molecule has 0 aromatic rings. The molecule has 0 spiro atoms. The summed E-state index contributed by atoms with van der Waals surface area (Å²) in [7, 11) is 0. The van der Waals surface area contributed by atoms with Crippen molar-refractivity contribution >= 4 is 23.5 Å². The zero-order valence-corrected chi connectivity index (χ0v) is 26.8. The Balaban J connectivity index is 1.17. The van der Waals surface area contributed by atoms with Gasteiger partial charge in [0.05, 0.1) is 0 Å². The van der Waals surface area contributed by atoms with Crippen molar-refractivity contribution in [3.05, 3.63) is 11.6 Å². The lowest BCUT2D eigenvalue weighted by atomic mass is 9.49. The number of halogens is 5. The lowest BCUT2D eigenvalue weighted by Gasteiger charge is -2.56. The summed E-state index contributed by atoms with van der Waals surface area (Å²) in [5, 5.41) is 0. The maximum Gasteiger partial charge on any atom is 0.453 e. The van der Waals surface area contributed by atoms with E-state index >= 15 is 0 Å². The number of rotatable bonds is 15. The van der Waals surface area contributed by atoms with Crippen molar-refractivity contribution in [2.45, 2.75) is 141 Å². The van der Waals surface area contributed by atoms with Crippen LogP contribution >= 0.6 is 11.8 Å². The molecule has 3 nitrogen and oxygen atoms in total. The van der Waals surface area contributed by atoms with Crippen LogP contribution in [0, 0.1) is 35.0 Å². The second-order valence-electron chi connectivity index (χ2n) is 14.0. The molecule has 3 fully saturated rings. The molecular weight excluding hydrogens is 583 g/mol. The second kappa shape index (κ2) is 15.0. The predicted octanol–water partition coefficient (Wildman–Crippen LogP) is 10.1. The fraction of sp³-hybridized carbons (Fsp3) is 0.882. The van der Waals surface area contributed by atoms with E-state index in [0.29, 0.717) is 47.5 Å². The number of carbonyl (C=O) groups is 2. The van der Waals surface area contributed by atoms with Crippen molar-refractivity contribution < 1.29 is 36.3 Å². The first-order valence-corrected chi connectivity index (χ1v) is 17.9. The van der Waals surface area contributed by atoms with Gasteiger partial charge >= 0.3 is 18.1 Å². The fourth-order valence-corrected chi connectivity index (χ4v) is 10.1. The van der Waals surface area contributed by atoms with Crippen molar-refractivity contribution in [3.8, 4) is 0 Å². The predicted molar refractivity (Wildman–Crippen MR) is 161 cm³/mol. The van der Waals surface area contributed by atoms with E-state index in [1.165, 1.54) is 56.4 Å². The molecule has 0 aromatic carbocycles. The van der Waals surface area contributed by atoms with Crippen LogP contribution in [-0.2, 0) is 14.3 Å². The van der Waals surface area contributed by atoms with Crippen LogP contribution < -0.4 is 0 Å². The molecular formula is C34H51F5O3S. The number of ether oxygens (including phenoxy) is 1. The normalized spacial score (nSPS) is 32.5. The molecule has 246 valence electrons. The molecule has 4 aliphatic rings. The van der Waals surface area contributed by atoms with E-state index in [1.807, 2.05) is 6.08 Å². The standard InChI is InChI=1S/C34H51F5O3S/c1-23(40)42-30-15-14-29-31-24(21-25-22-26(41)12-13-27(25)28(31)16-18-32(29,30)2)11-8-6-4-3-5-7-9-19-43-20-10-17-33(35,36)34(37,38)39/h22,24,27-31H,3-21H2,1-2H3/t24-,27?,28-,29+,30+,31-,32+/m1/s1. The van der Waals surface area contributed by atoms with Crippen LogP contribution in [0.15, 0.2) is 11.6 Å². The molecule has 0 saturated heterocycles. The molecule has 0 N–H and O–H groups in total. The van der Waals surface area contributed by atoms with Crippen molar-refractivity contribution in [1.82, 2.24) is 0 Å². The van der Waals surface area contributed by atoms with Gasteiger partial charge in [-0.3, -0.25) is 9.59 Å². The first-order valence-electron chi connectivity index (χ1n) is 16.8. The molecule has 1 unspecified atom stereocenters. The highest BCUT2D eigenvalue weighted by Crippen LogP contribution is 2.64. The molecule has 9 heteroatoms. The summed E-state index contributed by atoms with van der Waals surface area (Å²) in [6.07, 6.45) is 11.5. The third-order valence-corrected chi connectivity index (χ3v) is 12.4. The van der Waals surface area contributed by atoms with Crippen LogP contribution in [0.3, 0.4) is 0 Å². The quantitative estimate of drug-likeness (QED) is 0.102. The summed E-state index contributed by atoms with van der Waals surface area (Å²) in [4.78, 5) is 24.2. The number of unbranched alkanes of at least 4 members (excludes halogenated alkanes) is 6. The Bertz CT molecular complexity index is 982. The SMILES string of the molecule is CC(=O)O[C@H]1CC[C@H]2[C@@H]3[C@H](CCCCCCCCCSCCCC(F)(F)C(F)(F)F)CC4=CC(=O)CCC4[C@H]3CC[C@]12C. The first kappa shape index (κ1) is 34.7. The Morgan fingerprint density at radius 1 is 0.953 bits per heavy atom. The van der Waals surface area contributed by atoms with Crippen molar-refractivity contribution in [2.75, 3.05) is 11.5 Å². The number of hydrogen-bond donors (Lipinski definition) is 0. The zero-order valence-electron chi connectivity index (χ0n) is 26.0. The highest BCUT2D eigenvalue weighted by atomic mass is 32.2. The summed E-state index contributed by atoms with van der Waals surface area (Å²) in [6, 6.07) is 0. The molecule has 0 radical (unpaired) electrons. The van der Waals surface area contributed by atoms with Gasteiger partial charge in [0.25, 0.3) is 0 Å². The smallest absolute Gasteiger partial charge is 0.453 e. The number of allylic oxidation sites excluding steroid dienone is 1. The van der Waals surface area contributed by atoms with E-state index in [4.69, 9.17) is 4.74 Å².